The van der Waals surface area contributed by atoms with Crippen molar-refractivity contribution in [2.24, 2.45) is 5.73 Å². The van der Waals surface area contributed by atoms with E-state index in [2.05, 4.69) is 58.1 Å². The topological polar surface area (TPSA) is 79.1 Å². The number of hydrogen-bond donors (Lipinski definition) is 1. The summed E-state index contributed by atoms with van der Waals surface area (Å²) in [6.45, 7) is 2.29. The number of rotatable bonds is 8. The van der Waals surface area contributed by atoms with Crippen LogP contribution < -0.4 is 10.5 Å². The number of nitrogens with two attached hydrogens (primary N) is 1. The molecule has 35 heavy (non-hydrogen) atoms. The van der Waals surface area contributed by atoms with Crippen molar-refractivity contribution in [2.75, 3.05) is 40.3 Å². The van der Waals surface area contributed by atoms with Crippen LogP contribution in [0.1, 0.15) is 54.5 Å². The van der Waals surface area contributed by atoms with Gasteiger partial charge in [0.05, 0.1) is 13.7 Å². The van der Waals surface area contributed by atoms with Gasteiger partial charge in [-0.15, -0.1) is 0 Å². The van der Waals surface area contributed by atoms with Crippen LogP contribution >= 0.6 is 0 Å². The quantitative estimate of drug-likeness (QED) is 0.634. The third-order valence-corrected chi connectivity index (χ3v) is 8.14. The molecule has 3 fully saturated rings. The highest BCUT2D eigenvalue weighted by Gasteiger charge is 2.56. The van der Waals surface area contributed by atoms with Crippen LogP contribution in [0.2, 0.25) is 0 Å². The number of methoxy groups -OCH3 is 1. The minimum Gasteiger partial charge on any atom is -0.497 e. The molecule has 1 spiro atoms. The van der Waals surface area contributed by atoms with Crippen molar-refractivity contribution in [3.8, 4) is 5.75 Å². The Bertz CT molecular complexity index is 1060. The maximum atomic E-state index is 14.1. The number of piperidine rings is 1. The van der Waals surface area contributed by atoms with Gasteiger partial charge in [-0.25, -0.2) is 0 Å². The van der Waals surface area contributed by atoms with E-state index in [0.29, 0.717) is 38.4 Å². The summed E-state index contributed by atoms with van der Waals surface area (Å²) >= 11 is 0. The first-order valence-electron chi connectivity index (χ1n) is 12.7. The molecular formula is C28H36N4O3. The van der Waals surface area contributed by atoms with Crippen molar-refractivity contribution in [2.45, 2.75) is 49.7 Å². The van der Waals surface area contributed by atoms with Crippen LogP contribution in [0.4, 0.5) is 0 Å². The van der Waals surface area contributed by atoms with Crippen LogP contribution in [0.15, 0.2) is 48.5 Å². The van der Waals surface area contributed by atoms with Crippen LogP contribution in [0.5, 0.6) is 5.75 Å². The van der Waals surface area contributed by atoms with Gasteiger partial charge < -0.3 is 15.4 Å². The lowest BCUT2D eigenvalue weighted by Crippen LogP contribution is -2.56. The normalized spacial score (nSPS) is 22.6. The minimum atomic E-state index is -0.548. The number of carbonyl (C=O) groups is 2. The van der Waals surface area contributed by atoms with Gasteiger partial charge in [0.15, 0.2) is 0 Å². The molecule has 1 saturated carbocycles. The fraction of sp³-hybridized carbons (Fsp3) is 0.500. The van der Waals surface area contributed by atoms with Gasteiger partial charge >= 0.3 is 0 Å². The summed E-state index contributed by atoms with van der Waals surface area (Å²) < 4.78 is 5.29. The first kappa shape index (κ1) is 23.8. The second kappa shape index (κ2) is 9.63. The zero-order valence-electron chi connectivity index (χ0n) is 20.8. The molecule has 2 N–H and O–H groups in total. The van der Waals surface area contributed by atoms with E-state index in [4.69, 9.17) is 10.5 Å². The number of amides is 2. The molecule has 7 nitrogen and oxygen atoms in total. The zero-order valence-corrected chi connectivity index (χ0v) is 20.8. The summed E-state index contributed by atoms with van der Waals surface area (Å²) in [6.07, 6.45) is 4.64. The van der Waals surface area contributed by atoms with Crippen LogP contribution in [-0.2, 0) is 16.0 Å². The molecule has 2 saturated heterocycles. The van der Waals surface area contributed by atoms with E-state index in [1.165, 1.54) is 24.0 Å². The van der Waals surface area contributed by atoms with Gasteiger partial charge in [-0.05, 0) is 73.9 Å². The summed E-state index contributed by atoms with van der Waals surface area (Å²) in [6, 6.07) is 17.0. The maximum absolute atomic E-state index is 14.1. The zero-order chi connectivity index (χ0) is 24.6. The number of likely N-dealkylation sites (tertiary alicyclic amines) is 1. The summed E-state index contributed by atoms with van der Waals surface area (Å²) in [7, 11) is 3.76. The van der Waals surface area contributed by atoms with E-state index in [1.54, 1.807) is 7.11 Å². The number of primary amides is 1. The van der Waals surface area contributed by atoms with E-state index in [1.807, 2.05) is 12.1 Å². The average Bonchev–Trinajstić information content (AvgIpc) is 3.70. The molecule has 0 radical (unpaired) electrons. The Balaban J connectivity index is 1.39. The highest BCUT2D eigenvalue weighted by Crippen LogP contribution is 2.46. The number of likely N-dealkylation sites (N-methyl/N-ethyl adjacent to an activating group) is 1. The lowest BCUT2D eigenvalue weighted by atomic mass is 9.86. The molecule has 2 heterocycles. The molecule has 0 bridgehead atoms. The number of nitrogens with zero attached hydrogens (tertiary/aromatic N) is 3. The SMILES string of the molecule is COc1ccc(CCN2C(=O)C3(CCN(CC(N)=O)CC3)N(C)C2c2ccc(C3CC3)cc2)cc1. The van der Waals surface area contributed by atoms with Crippen molar-refractivity contribution in [3.05, 3.63) is 65.2 Å². The third-order valence-electron chi connectivity index (χ3n) is 8.14. The Kier molecular flexibility index (Phi) is 6.55. The van der Waals surface area contributed by atoms with Crippen molar-refractivity contribution in [1.29, 1.82) is 0 Å². The van der Waals surface area contributed by atoms with Gasteiger partial charge in [-0.3, -0.25) is 19.4 Å². The van der Waals surface area contributed by atoms with Crippen LogP contribution in [0, 0.1) is 0 Å². The third kappa shape index (κ3) is 4.67. The molecule has 3 aliphatic rings. The number of hydrogen-bond acceptors (Lipinski definition) is 5. The molecular weight excluding hydrogens is 440 g/mol. The van der Waals surface area contributed by atoms with E-state index < -0.39 is 5.54 Å². The van der Waals surface area contributed by atoms with E-state index in [0.717, 1.165) is 17.7 Å². The first-order chi connectivity index (χ1) is 16.9. The van der Waals surface area contributed by atoms with Gasteiger partial charge in [-0.1, -0.05) is 36.4 Å². The minimum absolute atomic E-state index is 0.100. The van der Waals surface area contributed by atoms with Crippen LogP contribution in [0.25, 0.3) is 0 Å². The molecule has 1 unspecified atom stereocenters. The van der Waals surface area contributed by atoms with E-state index in [-0.39, 0.29) is 24.5 Å². The molecule has 2 amide bonds. The van der Waals surface area contributed by atoms with E-state index >= 15 is 0 Å². The van der Waals surface area contributed by atoms with Gasteiger partial charge in [0, 0.05) is 19.6 Å². The lowest BCUT2D eigenvalue weighted by Gasteiger charge is -2.41. The second-order valence-corrected chi connectivity index (χ2v) is 10.3. The number of carbonyl (C=O) groups excluding carboxylic acids is 2. The highest BCUT2D eigenvalue weighted by atomic mass is 16.5. The Morgan fingerprint density at radius 1 is 1.03 bits per heavy atom. The molecule has 7 heteroatoms. The molecule has 1 atom stereocenters. The number of ether oxygens (including phenoxy) is 1. The summed E-state index contributed by atoms with van der Waals surface area (Å²) in [5.41, 5.74) is 8.62. The Morgan fingerprint density at radius 2 is 1.66 bits per heavy atom. The molecule has 2 aromatic rings. The van der Waals surface area contributed by atoms with Gasteiger partial charge in [0.25, 0.3) is 0 Å². The molecule has 2 aliphatic heterocycles. The second-order valence-electron chi connectivity index (χ2n) is 10.3. The Morgan fingerprint density at radius 3 is 2.23 bits per heavy atom. The molecule has 0 aromatic heterocycles. The van der Waals surface area contributed by atoms with E-state index in [9.17, 15) is 9.59 Å². The molecule has 2 aromatic carbocycles. The molecule has 5 rings (SSSR count). The fourth-order valence-electron chi connectivity index (χ4n) is 5.87. The molecule has 186 valence electrons. The van der Waals surface area contributed by atoms with Crippen LogP contribution in [-0.4, -0.2) is 72.4 Å². The fourth-order valence-corrected chi connectivity index (χ4v) is 5.87. The summed E-state index contributed by atoms with van der Waals surface area (Å²) in [5.74, 6) is 1.42. The largest absolute Gasteiger partial charge is 0.497 e. The van der Waals surface area contributed by atoms with Crippen molar-refractivity contribution < 1.29 is 14.3 Å². The van der Waals surface area contributed by atoms with Gasteiger partial charge in [0.2, 0.25) is 11.8 Å². The first-order valence-corrected chi connectivity index (χ1v) is 12.7. The molecule has 1 aliphatic carbocycles. The lowest BCUT2D eigenvalue weighted by molar-refractivity contribution is -0.136. The summed E-state index contributed by atoms with van der Waals surface area (Å²) in [5, 5.41) is 0. The number of benzene rings is 2. The van der Waals surface area contributed by atoms with Crippen molar-refractivity contribution in [1.82, 2.24) is 14.7 Å². The monoisotopic (exact) mass is 476 g/mol. The van der Waals surface area contributed by atoms with Crippen LogP contribution in [0.3, 0.4) is 0 Å². The van der Waals surface area contributed by atoms with Gasteiger partial charge in [0.1, 0.15) is 17.5 Å². The van der Waals surface area contributed by atoms with Crippen molar-refractivity contribution in [3.63, 3.8) is 0 Å². The maximum Gasteiger partial charge on any atom is 0.244 e. The Labute approximate surface area is 207 Å². The average molecular weight is 477 g/mol. The summed E-state index contributed by atoms with van der Waals surface area (Å²) in [4.78, 5) is 31.9. The van der Waals surface area contributed by atoms with Gasteiger partial charge in [-0.2, -0.15) is 0 Å². The Hall–Kier alpha value is -2.90. The highest BCUT2D eigenvalue weighted by molar-refractivity contribution is 5.89. The predicted octanol–water partition coefficient (Wildman–Crippen LogP) is 2.91. The predicted molar refractivity (Wildman–Crippen MR) is 135 cm³/mol. The standard InChI is InChI=1S/C28H36N4O3/c1-30-26(23-9-7-22(8-10-23)21-5-6-21)32(16-13-20-3-11-24(35-2)12-4-20)27(34)28(30)14-17-31(18-15-28)19-25(29)33/h3-4,7-12,21,26H,5-6,13-19H2,1-2H3,(H2,29,33). The smallest absolute Gasteiger partial charge is 0.244 e. The van der Waals surface area contributed by atoms with Crippen molar-refractivity contribution >= 4 is 11.8 Å².